The lowest BCUT2D eigenvalue weighted by Crippen LogP contribution is -2.29. The molecule has 1 heterocycles. The van der Waals surface area contributed by atoms with Crippen LogP contribution in [0.1, 0.15) is 31.4 Å². The van der Waals surface area contributed by atoms with Gasteiger partial charge in [-0.15, -0.1) is 17.9 Å². The lowest BCUT2D eigenvalue weighted by Gasteiger charge is -2.20. The minimum Gasteiger partial charge on any atom is -0.408 e. The molecule has 1 fully saturated rings. The summed E-state index contributed by atoms with van der Waals surface area (Å²) in [5.41, 5.74) is 1.10. The molecule has 0 radical (unpaired) electrons. The van der Waals surface area contributed by atoms with Crippen LogP contribution in [-0.2, 0) is 0 Å². The molecule has 0 amide bonds. The van der Waals surface area contributed by atoms with Crippen LogP contribution in [-0.4, -0.2) is 10.8 Å². The third-order valence-electron chi connectivity index (χ3n) is 3.12. The second-order valence-electron chi connectivity index (χ2n) is 4.30. The molecular weight excluding hydrogens is 238 g/mol. The summed E-state index contributed by atoms with van der Waals surface area (Å²) in [5, 5.41) is 2.04. The largest absolute Gasteiger partial charge is 0.408 e. The molecule has 1 aliphatic carbocycles. The number of thiazole rings is 1. The number of aromatic nitrogens is 1. The molecule has 0 saturated heterocycles. The van der Waals surface area contributed by atoms with Crippen molar-refractivity contribution in [3.8, 4) is 0 Å². The number of rotatable bonds is 4. The SMILES string of the molecule is C=CC[C@H]1CCC[C@@H]1On1c(C)csc1=S. The maximum atomic E-state index is 6.02. The highest BCUT2D eigenvalue weighted by atomic mass is 32.1. The Morgan fingerprint density at radius 3 is 3.12 bits per heavy atom. The standard InChI is InChI=1S/C12H17NOS2/c1-3-5-10-6-4-7-11(10)14-13-9(2)8-16-12(13)15/h3,8,10-11H,1,4-7H2,2H3/t10-,11-/m0/s1. The summed E-state index contributed by atoms with van der Waals surface area (Å²) in [7, 11) is 0. The van der Waals surface area contributed by atoms with E-state index in [2.05, 4.69) is 6.58 Å². The summed E-state index contributed by atoms with van der Waals surface area (Å²) < 4.78 is 2.62. The highest BCUT2D eigenvalue weighted by molar-refractivity contribution is 7.73. The van der Waals surface area contributed by atoms with Crippen LogP contribution in [0.15, 0.2) is 18.0 Å². The van der Waals surface area contributed by atoms with Gasteiger partial charge in [-0.05, 0) is 44.8 Å². The zero-order chi connectivity index (χ0) is 11.5. The van der Waals surface area contributed by atoms with Crippen LogP contribution in [0.3, 0.4) is 0 Å². The summed E-state index contributed by atoms with van der Waals surface area (Å²) in [6.07, 6.45) is 6.97. The minimum atomic E-state index is 0.304. The zero-order valence-corrected chi connectivity index (χ0v) is 11.1. The van der Waals surface area contributed by atoms with Crippen molar-refractivity contribution < 1.29 is 4.84 Å². The highest BCUT2D eigenvalue weighted by Gasteiger charge is 2.28. The molecule has 1 aromatic rings. The smallest absolute Gasteiger partial charge is 0.196 e. The lowest BCUT2D eigenvalue weighted by atomic mass is 10.0. The van der Waals surface area contributed by atoms with Gasteiger partial charge in [0.15, 0.2) is 3.95 Å². The molecular formula is C12H17NOS2. The van der Waals surface area contributed by atoms with Gasteiger partial charge in [-0.1, -0.05) is 6.08 Å². The normalized spacial score (nSPS) is 24.6. The van der Waals surface area contributed by atoms with Crippen molar-refractivity contribution in [1.82, 2.24) is 4.73 Å². The first-order valence-corrected chi connectivity index (χ1v) is 6.96. The molecule has 0 N–H and O–H groups in total. The highest BCUT2D eigenvalue weighted by Crippen LogP contribution is 2.30. The van der Waals surface area contributed by atoms with E-state index in [0.717, 1.165) is 22.5 Å². The van der Waals surface area contributed by atoms with E-state index in [1.54, 1.807) is 11.3 Å². The predicted molar refractivity (Wildman–Crippen MR) is 70.4 cm³/mol. The number of hydrogen-bond acceptors (Lipinski definition) is 3. The predicted octanol–water partition coefficient (Wildman–Crippen LogP) is 3.76. The quantitative estimate of drug-likeness (QED) is 0.601. The van der Waals surface area contributed by atoms with Crippen molar-refractivity contribution in [3.63, 3.8) is 0 Å². The molecule has 0 unspecified atom stereocenters. The Kier molecular flexibility index (Phi) is 3.82. The van der Waals surface area contributed by atoms with Crippen molar-refractivity contribution in [3.05, 3.63) is 27.7 Å². The molecule has 0 aromatic carbocycles. The van der Waals surface area contributed by atoms with Gasteiger partial charge in [0.05, 0.1) is 5.69 Å². The molecule has 2 nitrogen and oxygen atoms in total. The van der Waals surface area contributed by atoms with Crippen LogP contribution >= 0.6 is 23.6 Å². The van der Waals surface area contributed by atoms with Crippen molar-refractivity contribution in [2.75, 3.05) is 0 Å². The summed E-state index contributed by atoms with van der Waals surface area (Å²) >= 11 is 6.81. The fraction of sp³-hybridized carbons (Fsp3) is 0.583. The minimum absolute atomic E-state index is 0.304. The van der Waals surface area contributed by atoms with Gasteiger partial charge < -0.3 is 4.84 Å². The number of nitrogens with zero attached hydrogens (tertiary/aromatic N) is 1. The van der Waals surface area contributed by atoms with Gasteiger partial charge >= 0.3 is 0 Å². The molecule has 4 heteroatoms. The molecule has 2 atom stereocenters. The lowest BCUT2D eigenvalue weighted by molar-refractivity contribution is 0.0110. The van der Waals surface area contributed by atoms with E-state index in [-0.39, 0.29) is 0 Å². The number of aryl methyl sites for hydroxylation is 1. The Labute approximate surface area is 106 Å². The zero-order valence-electron chi connectivity index (χ0n) is 9.52. The Hall–Kier alpha value is -0.610. The van der Waals surface area contributed by atoms with E-state index in [0.29, 0.717) is 12.0 Å². The van der Waals surface area contributed by atoms with Gasteiger partial charge in [0.1, 0.15) is 6.10 Å². The van der Waals surface area contributed by atoms with Crippen molar-refractivity contribution in [2.24, 2.45) is 5.92 Å². The van der Waals surface area contributed by atoms with Crippen LogP contribution in [0.2, 0.25) is 0 Å². The topological polar surface area (TPSA) is 14.2 Å². The second-order valence-corrected chi connectivity index (χ2v) is 5.80. The first kappa shape index (κ1) is 11.9. The summed E-state index contributed by atoms with van der Waals surface area (Å²) in [4.78, 5) is 6.02. The molecule has 16 heavy (non-hydrogen) atoms. The van der Waals surface area contributed by atoms with E-state index in [1.807, 2.05) is 23.1 Å². The number of hydrogen-bond donors (Lipinski definition) is 0. The Morgan fingerprint density at radius 2 is 2.50 bits per heavy atom. The average molecular weight is 255 g/mol. The van der Waals surface area contributed by atoms with Crippen molar-refractivity contribution >= 4 is 23.6 Å². The molecule has 0 aliphatic heterocycles. The third-order valence-corrected chi connectivity index (χ3v) is 4.40. The number of allylic oxidation sites excluding steroid dienone is 1. The van der Waals surface area contributed by atoms with Gasteiger partial charge in [-0.25, -0.2) is 0 Å². The van der Waals surface area contributed by atoms with Crippen LogP contribution in [0.5, 0.6) is 0 Å². The molecule has 2 rings (SSSR count). The fourth-order valence-electron chi connectivity index (χ4n) is 2.26. The van der Waals surface area contributed by atoms with Crippen LogP contribution in [0.25, 0.3) is 0 Å². The van der Waals surface area contributed by atoms with E-state index < -0.39 is 0 Å². The van der Waals surface area contributed by atoms with Crippen LogP contribution in [0.4, 0.5) is 0 Å². The van der Waals surface area contributed by atoms with E-state index >= 15 is 0 Å². The van der Waals surface area contributed by atoms with Gasteiger partial charge in [-0.2, -0.15) is 4.73 Å². The van der Waals surface area contributed by atoms with E-state index in [1.165, 1.54) is 12.8 Å². The first-order valence-electron chi connectivity index (χ1n) is 5.67. The van der Waals surface area contributed by atoms with Crippen molar-refractivity contribution in [2.45, 2.75) is 38.7 Å². The third kappa shape index (κ3) is 2.38. The molecule has 1 aliphatic rings. The average Bonchev–Trinajstić information content (AvgIpc) is 2.81. The summed E-state index contributed by atoms with van der Waals surface area (Å²) in [5.74, 6) is 0.610. The molecule has 0 bridgehead atoms. The first-order chi connectivity index (χ1) is 7.72. The molecule has 88 valence electrons. The summed E-state index contributed by atoms with van der Waals surface area (Å²) in [6.45, 7) is 5.84. The molecule has 0 spiro atoms. The van der Waals surface area contributed by atoms with Gasteiger partial charge in [-0.3, -0.25) is 0 Å². The van der Waals surface area contributed by atoms with Gasteiger partial charge in [0.2, 0.25) is 0 Å². The van der Waals surface area contributed by atoms with Crippen molar-refractivity contribution in [1.29, 1.82) is 0 Å². The van der Waals surface area contributed by atoms with E-state index in [9.17, 15) is 0 Å². The van der Waals surface area contributed by atoms with Crippen LogP contribution < -0.4 is 4.84 Å². The maximum Gasteiger partial charge on any atom is 0.196 e. The second kappa shape index (κ2) is 5.15. The van der Waals surface area contributed by atoms with Crippen LogP contribution in [0, 0.1) is 16.8 Å². The fourth-order valence-corrected chi connectivity index (χ4v) is 3.24. The Balaban J connectivity index is 2.09. The van der Waals surface area contributed by atoms with Gasteiger partial charge in [0.25, 0.3) is 0 Å². The molecule has 1 saturated carbocycles. The monoisotopic (exact) mass is 255 g/mol. The Morgan fingerprint density at radius 1 is 1.69 bits per heavy atom. The maximum absolute atomic E-state index is 6.02. The molecule has 1 aromatic heterocycles. The summed E-state index contributed by atoms with van der Waals surface area (Å²) in [6, 6.07) is 0. The van der Waals surface area contributed by atoms with E-state index in [4.69, 9.17) is 17.1 Å². The van der Waals surface area contributed by atoms with Gasteiger partial charge in [0, 0.05) is 11.3 Å². The Bertz CT molecular complexity index is 421.